The smallest absolute Gasteiger partial charge is 0.0587 e. The fourth-order valence-corrected chi connectivity index (χ4v) is 0.340. The van der Waals surface area contributed by atoms with E-state index >= 15 is 0 Å². The second-order valence-corrected chi connectivity index (χ2v) is 1.45. The van der Waals surface area contributed by atoms with Gasteiger partial charge >= 0.3 is 0 Å². The first-order valence-electron chi connectivity index (χ1n) is 3.16. The van der Waals surface area contributed by atoms with E-state index in [9.17, 15) is 0 Å². The number of allylic oxidation sites excluding steroid dienone is 4. The van der Waals surface area contributed by atoms with E-state index in [1.54, 1.807) is 12.1 Å². The van der Waals surface area contributed by atoms with Crippen LogP contribution in [0.2, 0.25) is 0 Å². The molecule has 0 unspecified atom stereocenters. The van der Waals surface area contributed by atoms with Gasteiger partial charge in [0.1, 0.15) is 0 Å². The van der Waals surface area contributed by atoms with Gasteiger partial charge in [-0.25, -0.2) is 12.2 Å². The van der Waals surface area contributed by atoms with Gasteiger partial charge in [0.25, 0.3) is 0 Å². The predicted molar refractivity (Wildman–Crippen MR) is 76.2 cm³/mol. The molecule has 3 heteroatoms. The normalized spacial score (nSPS) is 6.12. The Morgan fingerprint density at radius 2 is 1.24 bits per heavy atom. The monoisotopic (exact) mass is 325 g/mol. The van der Waals surface area contributed by atoms with Crippen LogP contribution in [-0.2, 0) is 19.5 Å². The van der Waals surface area contributed by atoms with Crippen LogP contribution in [0.5, 0.6) is 0 Å². The zero-order valence-electron chi connectivity index (χ0n) is 12.2. The molecule has 0 N–H and O–H groups in total. The minimum absolute atomic E-state index is 0. The minimum Gasteiger partial charge on any atom is -0.358 e. The van der Waals surface area contributed by atoms with Gasteiger partial charge < -0.3 is 37.1 Å². The van der Waals surface area contributed by atoms with Crippen molar-refractivity contribution in [3.8, 4) is 12.1 Å². The summed E-state index contributed by atoms with van der Waals surface area (Å²) in [4.78, 5) is 0. The average molecular weight is 325 g/mol. The molecule has 0 aromatic heterocycles. The fraction of sp³-hybridized carbons (Fsp3) is 0.214. The van der Waals surface area contributed by atoms with Crippen LogP contribution < -0.4 is 0 Å². The molecule has 0 aromatic carbocycles. The molecule has 0 atom stereocenters. The Kier molecular flexibility index (Phi) is 266. The topological polar surface area (TPSA) is 47.6 Å². The largest absolute Gasteiger partial charge is 0.358 e. The molecule has 107 valence electrons. The van der Waals surface area contributed by atoms with Crippen molar-refractivity contribution >= 4 is 0 Å². The molecule has 1 rings (SSSR count). The van der Waals surface area contributed by atoms with Gasteiger partial charge in [0.15, 0.2) is 0 Å². The molecule has 1 radical (unpaired) electrons. The van der Waals surface area contributed by atoms with Gasteiger partial charge in [-0.3, -0.25) is 6.08 Å². The van der Waals surface area contributed by atoms with E-state index < -0.39 is 0 Å². The Hall–Kier alpha value is -0.917. The number of rotatable bonds is 0. The summed E-state index contributed by atoms with van der Waals surface area (Å²) >= 11 is 0. The van der Waals surface area contributed by atoms with Crippen molar-refractivity contribution in [1.82, 2.24) is 0 Å². The maximum Gasteiger partial charge on any atom is 0.0587 e. The van der Waals surface area contributed by atoms with Crippen LogP contribution in [-0.4, -0.2) is 0 Å². The van der Waals surface area contributed by atoms with Gasteiger partial charge in [-0.2, -0.15) is 16.6 Å². The quantitative estimate of drug-likeness (QED) is 0.482. The van der Waals surface area contributed by atoms with E-state index in [2.05, 4.69) is 12.2 Å². The summed E-state index contributed by atoms with van der Waals surface area (Å²) in [6.07, 6.45) is 10.0. The summed E-state index contributed by atoms with van der Waals surface area (Å²) in [6.45, 7) is 2.86. The van der Waals surface area contributed by atoms with E-state index in [1.165, 1.54) is 13.8 Å². The Balaban J connectivity index is -0.0000000105. The van der Waals surface area contributed by atoms with Gasteiger partial charge in [0.05, 0.1) is 12.1 Å². The first kappa shape index (κ1) is 56.0. The Morgan fingerprint density at radius 3 is 1.29 bits per heavy atom. The van der Waals surface area contributed by atoms with Crippen molar-refractivity contribution in [2.45, 2.75) is 20.3 Å². The van der Waals surface area contributed by atoms with E-state index in [0.717, 1.165) is 6.42 Å². The standard InChI is InChI=1S/C5H5.2C2H3N.5CH3.Rh/c1-2-4-5-3-1;2*1-2-3;;;;;;/h1-3H,4H2;2*1H3;5*1H3;/q-1;;;5*-1;. The van der Waals surface area contributed by atoms with Crippen LogP contribution in [0.3, 0.4) is 0 Å². The molecular formula is C14H26N2Rh-6. The minimum atomic E-state index is 0. The van der Waals surface area contributed by atoms with Crippen LogP contribution in [0.25, 0.3) is 0 Å². The Labute approximate surface area is 124 Å². The molecule has 2 nitrogen and oxygen atoms in total. The van der Waals surface area contributed by atoms with E-state index in [0.29, 0.717) is 0 Å². The zero-order valence-corrected chi connectivity index (χ0v) is 13.8. The maximum atomic E-state index is 7.32. The SMILES string of the molecule is CC#N.CC#N.[C-]1=CC=CC1.[CH3-].[CH3-].[CH3-].[CH3-].[CH3-].[Rh]. The van der Waals surface area contributed by atoms with Crippen molar-refractivity contribution < 1.29 is 19.5 Å². The van der Waals surface area contributed by atoms with E-state index in [4.69, 9.17) is 10.5 Å². The van der Waals surface area contributed by atoms with Crippen LogP contribution in [0.15, 0.2) is 18.2 Å². The number of hydrogen-bond donors (Lipinski definition) is 0. The molecule has 1 aliphatic rings. The van der Waals surface area contributed by atoms with Crippen molar-refractivity contribution in [2.75, 3.05) is 0 Å². The molecular weight excluding hydrogens is 299 g/mol. The summed E-state index contributed by atoms with van der Waals surface area (Å²) in [6, 6.07) is 3.50. The molecule has 0 fully saturated rings. The zero-order chi connectivity index (χ0) is 8.95. The van der Waals surface area contributed by atoms with Crippen molar-refractivity contribution in [2.24, 2.45) is 0 Å². The van der Waals surface area contributed by atoms with Gasteiger partial charge in [-0.05, 0) is 0 Å². The third kappa shape index (κ3) is 155. The molecule has 0 heterocycles. The molecule has 0 aliphatic heterocycles. The molecule has 0 bridgehead atoms. The van der Waals surface area contributed by atoms with Gasteiger partial charge in [-0.15, -0.1) is 6.42 Å². The van der Waals surface area contributed by atoms with Crippen LogP contribution in [0.1, 0.15) is 20.3 Å². The number of nitrogens with zero attached hydrogens (tertiary/aromatic N) is 2. The van der Waals surface area contributed by atoms with Crippen molar-refractivity contribution in [3.63, 3.8) is 0 Å². The fourth-order valence-electron chi connectivity index (χ4n) is 0.340. The molecule has 0 saturated carbocycles. The molecule has 1 aliphatic carbocycles. The number of nitriles is 2. The molecule has 0 aromatic rings. The third-order valence-electron chi connectivity index (χ3n) is 0.586. The summed E-state index contributed by atoms with van der Waals surface area (Å²) in [5.41, 5.74) is 0. The van der Waals surface area contributed by atoms with Crippen molar-refractivity contribution in [3.05, 3.63) is 61.4 Å². The summed E-state index contributed by atoms with van der Waals surface area (Å²) in [5.74, 6) is 0. The van der Waals surface area contributed by atoms with Gasteiger partial charge in [0, 0.05) is 33.3 Å². The summed E-state index contributed by atoms with van der Waals surface area (Å²) in [7, 11) is 0. The summed E-state index contributed by atoms with van der Waals surface area (Å²) < 4.78 is 0. The second-order valence-electron chi connectivity index (χ2n) is 1.45. The number of hydrogen-bond acceptors (Lipinski definition) is 2. The van der Waals surface area contributed by atoms with E-state index in [-0.39, 0.29) is 56.6 Å². The predicted octanol–water partition coefficient (Wildman–Crippen LogP) is 4.61. The van der Waals surface area contributed by atoms with Gasteiger partial charge in [0.2, 0.25) is 0 Å². The molecule has 0 spiro atoms. The van der Waals surface area contributed by atoms with Crippen molar-refractivity contribution in [1.29, 1.82) is 10.5 Å². The first-order valence-corrected chi connectivity index (χ1v) is 3.16. The van der Waals surface area contributed by atoms with Gasteiger partial charge in [-0.1, -0.05) is 0 Å². The van der Waals surface area contributed by atoms with E-state index in [1.807, 2.05) is 12.2 Å². The van der Waals surface area contributed by atoms with Crippen LogP contribution >= 0.6 is 0 Å². The Bertz CT molecular complexity index is 173. The van der Waals surface area contributed by atoms with Crippen LogP contribution in [0, 0.1) is 65.9 Å². The summed E-state index contributed by atoms with van der Waals surface area (Å²) in [5, 5.41) is 14.6. The van der Waals surface area contributed by atoms with Crippen LogP contribution in [0.4, 0.5) is 0 Å². The Morgan fingerprint density at radius 1 is 0.941 bits per heavy atom. The third-order valence-corrected chi connectivity index (χ3v) is 0.586. The second kappa shape index (κ2) is 80.8. The average Bonchev–Trinajstić information content (AvgIpc) is 2.44. The molecule has 0 amide bonds. The molecule has 17 heavy (non-hydrogen) atoms. The maximum absolute atomic E-state index is 7.32. The molecule has 0 saturated heterocycles. The first-order chi connectivity index (χ1) is 5.33.